The van der Waals surface area contributed by atoms with Gasteiger partial charge in [-0.15, -0.1) is 0 Å². The fourth-order valence-corrected chi connectivity index (χ4v) is 4.43. The summed E-state index contributed by atoms with van der Waals surface area (Å²) in [5, 5.41) is 3.15. The molecular formula is C26H35N3O3. The summed E-state index contributed by atoms with van der Waals surface area (Å²) in [6.45, 7) is 7.75. The molecular weight excluding hydrogens is 402 g/mol. The van der Waals surface area contributed by atoms with Gasteiger partial charge >= 0.3 is 0 Å². The lowest BCUT2D eigenvalue weighted by atomic mass is 9.79. The SMILES string of the molecule is CCCCN(CC)CCNC(=O)C1c2ccccc2C(=O)N(C)C1c1ccc(OC)cc1. The maximum absolute atomic E-state index is 13.5. The molecule has 6 heteroatoms. The van der Waals surface area contributed by atoms with Crippen LogP contribution in [-0.2, 0) is 4.79 Å². The van der Waals surface area contributed by atoms with Crippen molar-refractivity contribution in [2.24, 2.45) is 0 Å². The molecule has 2 atom stereocenters. The standard InChI is InChI=1S/C26H35N3O3/c1-5-7-17-29(6-2)18-16-27-25(30)23-21-10-8-9-11-22(21)26(31)28(3)24(23)19-12-14-20(32-4)15-13-19/h8-15,23-24H,5-7,16-18H2,1-4H3,(H,27,30). The predicted molar refractivity (Wildman–Crippen MR) is 127 cm³/mol. The second-order valence-electron chi connectivity index (χ2n) is 8.28. The summed E-state index contributed by atoms with van der Waals surface area (Å²) >= 11 is 0. The van der Waals surface area contributed by atoms with Crippen LogP contribution in [0.15, 0.2) is 48.5 Å². The first-order valence-electron chi connectivity index (χ1n) is 11.5. The second-order valence-corrected chi connectivity index (χ2v) is 8.28. The van der Waals surface area contributed by atoms with Crippen LogP contribution < -0.4 is 10.1 Å². The van der Waals surface area contributed by atoms with E-state index in [0.717, 1.165) is 49.4 Å². The molecule has 2 aromatic rings. The number of carbonyl (C=O) groups is 2. The Morgan fingerprint density at radius 3 is 2.47 bits per heavy atom. The summed E-state index contributed by atoms with van der Waals surface area (Å²) in [6, 6.07) is 14.7. The van der Waals surface area contributed by atoms with Crippen molar-refractivity contribution in [1.82, 2.24) is 15.1 Å². The Hall–Kier alpha value is -2.86. The molecule has 0 saturated carbocycles. The molecule has 1 heterocycles. The number of rotatable bonds is 10. The van der Waals surface area contributed by atoms with Gasteiger partial charge in [0.2, 0.25) is 5.91 Å². The van der Waals surface area contributed by atoms with Gasteiger partial charge in [0.1, 0.15) is 5.75 Å². The molecule has 6 nitrogen and oxygen atoms in total. The monoisotopic (exact) mass is 437 g/mol. The molecule has 3 rings (SSSR count). The van der Waals surface area contributed by atoms with Crippen molar-refractivity contribution in [3.8, 4) is 5.75 Å². The van der Waals surface area contributed by atoms with Crippen LogP contribution in [-0.4, -0.2) is 62.0 Å². The third-order valence-electron chi connectivity index (χ3n) is 6.32. The van der Waals surface area contributed by atoms with Gasteiger partial charge in [-0.05, 0) is 48.8 Å². The van der Waals surface area contributed by atoms with Crippen molar-refractivity contribution in [2.75, 3.05) is 40.3 Å². The second kappa shape index (κ2) is 11.1. The summed E-state index contributed by atoms with van der Waals surface area (Å²) in [4.78, 5) is 30.7. The van der Waals surface area contributed by atoms with Crippen LogP contribution in [0, 0.1) is 0 Å². The number of ether oxygens (including phenoxy) is 1. The molecule has 2 aromatic carbocycles. The number of benzene rings is 2. The zero-order chi connectivity index (χ0) is 23.1. The lowest BCUT2D eigenvalue weighted by Gasteiger charge is -2.40. The van der Waals surface area contributed by atoms with Crippen LogP contribution >= 0.6 is 0 Å². The normalized spacial score (nSPS) is 17.9. The minimum Gasteiger partial charge on any atom is -0.497 e. The number of likely N-dealkylation sites (N-methyl/N-ethyl adjacent to an activating group) is 2. The number of nitrogens with one attached hydrogen (secondary N) is 1. The van der Waals surface area contributed by atoms with Gasteiger partial charge in [0.25, 0.3) is 5.91 Å². The molecule has 1 aliphatic heterocycles. The Morgan fingerprint density at radius 1 is 1.09 bits per heavy atom. The first-order valence-corrected chi connectivity index (χ1v) is 11.5. The Kier molecular flexibility index (Phi) is 8.28. The van der Waals surface area contributed by atoms with E-state index in [-0.39, 0.29) is 17.9 Å². The van der Waals surface area contributed by atoms with Gasteiger partial charge in [0, 0.05) is 25.7 Å². The topological polar surface area (TPSA) is 61.9 Å². The van der Waals surface area contributed by atoms with E-state index in [1.54, 1.807) is 19.1 Å². The minimum absolute atomic E-state index is 0.0517. The van der Waals surface area contributed by atoms with Gasteiger partial charge in [-0.25, -0.2) is 0 Å². The molecule has 1 aliphatic rings. The largest absolute Gasteiger partial charge is 0.497 e. The third-order valence-corrected chi connectivity index (χ3v) is 6.32. The van der Waals surface area contributed by atoms with Gasteiger partial charge in [-0.3, -0.25) is 9.59 Å². The zero-order valence-electron chi connectivity index (χ0n) is 19.6. The van der Waals surface area contributed by atoms with Crippen molar-refractivity contribution in [1.29, 1.82) is 0 Å². The van der Waals surface area contributed by atoms with Gasteiger partial charge in [-0.2, -0.15) is 0 Å². The number of hydrogen-bond acceptors (Lipinski definition) is 4. The average Bonchev–Trinajstić information content (AvgIpc) is 2.83. The zero-order valence-corrected chi connectivity index (χ0v) is 19.6. The minimum atomic E-state index is -0.479. The molecule has 0 spiro atoms. The number of nitrogens with zero attached hydrogens (tertiary/aromatic N) is 2. The fourth-order valence-electron chi connectivity index (χ4n) is 4.43. The van der Waals surface area contributed by atoms with Gasteiger partial charge < -0.3 is 19.9 Å². The first kappa shape index (κ1) is 23.8. The van der Waals surface area contributed by atoms with Crippen LogP contribution in [0.5, 0.6) is 5.75 Å². The molecule has 0 radical (unpaired) electrons. The van der Waals surface area contributed by atoms with E-state index in [4.69, 9.17) is 4.74 Å². The molecule has 2 amide bonds. The van der Waals surface area contributed by atoms with Crippen molar-refractivity contribution >= 4 is 11.8 Å². The van der Waals surface area contributed by atoms with E-state index in [2.05, 4.69) is 24.1 Å². The highest BCUT2D eigenvalue weighted by atomic mass is 16.5. The number of hydrogen-bond donors (Lipinski definition) is 1. The summed E-state index contributed by atoms with van der Waals surface area (Å²) in [5.41, 5.74) is 2.29. The van der Waals surface area contributed by atoms with E-state index in [1.807, 2.05) is 48.5 Å². The highest BCUT2D eigenvalue weighted by Crippen LogP contribution is 2.42. The fraction of sp³-hybridized carbons (Fsp3) is 0.462. The van der Waals surface area contributed by atoms with Crippen LogP contribution in [0.3, 0.4) is 0 Å². The number of methoxy groups -OCH3 is 1. The lowest BCUT2D eigenvalue weighted by molar-refractivity contribution is -0.124. The molecule has 172 valence electrons. The Labute approximate surface area is 191 Å². The maximum Gasteiger partial charge on any atom is 0.254 e. The Balaban J connectivity index is 1.86. The van der Waals surface area contributed by atoms with Gasteiger partial charge in [-0.1, -0.05) is 50.6 Å². The van der Waals surface area contributed by atoms with Crippen LogP contribution in [0.1, 0.15) is 60.1 Å². The van der Waals surface area contributed by atoms with E-state index >= 15 is 0 Å². The average molecular weight is 438 g/mol. The van der Waals surface area contributed by atoms with Crippen LogP contribution in [0.2, 0.25) is 0 Å². The smallest absolute Gasteiger partial charge is 0.254 e. The summed E-state index contributed by atoms with van der Waals surface area (Å²) in [6.07, 6.45) is 2.32. The third kappa shape index (κ3) is 5.13. The summed E-state index contributed by atoms with van der Waals surface area (Å²) in [5.74, 6) is 0.144. The van der Waals surface area contributed by atoms with Crippen molar-refractivity contribution < 1.29 is 14.3 Å². The maximum atomic E-state index is 13.5. The number of fused-ring (bicyclic) bond motifs is 1. The lowest BCUT2D eigenvalue weighted by Crippen LogP contribution is -2.46. The molecule has 0 fully saturated rings. The molecule has 2 unspecified atom stereocenters. The molecule has 1 N–H and O–H groups in total. The molecule has 0 aromatic heterocycles. The van der Waals surface area contributed by atoms with Crippen molar-refractivity contribution in [3.05, 3.63) is 65.2 Å². The molecule has 0 aliphatic carbocycles. The van der Waals surface area contributed by atoms with E-state index < -0.39 is 5.92 Å². The predicted octanol–water partition coefficient (Wildman–Crippen LogP) is 3.84. The van der Waals surface area contributed by atoms with Crippen LogP contribution in [0.25, 0.3) is 0 Å². The molecule has 0 bridgehead atoms. The van der Waals surface area contributed by atoms with E-state index in [9.17, 15) is 9.59 Å². The van der Waals surface area contributed by atoms with Crippen LogP contribution in [0.4, 0.5) is 0 Å². The summed E-state index contributed by atoms with van der Waals surface area (Å²) in [7, 11) is 3.40. The number of unbranched alkanes of at least 4 members (excludes halogenated alkanes) is 1. The quantitative estimate of drug-likeness (QED) is 0.613. The summed E-state index contributed by atoms with van der Waals surface area (Å²) < 4.78 is 5.28. The van der Waals surface area contributed by atoms with E-state index in [1.165, 1.54) is 0 Å². The van der Waals surface area contributed by atoms with Gasteiger partial charge in [0.05, 0.1) is 19.1 Å². The molecule has 32 heavy (non-hydrogen) atoms. The Morgan fingerprint density at radius 2 is 1.81 bits per heavy atom. The van der Waals surface area contributed by atoms with Gasteiger partial charge in [0.15, 0.2) is 0 Å². The number of amides is 2. The van der Waals surface area contributed by atoms with Crippen molar-refractivity contribution in [3.63, 3.8) is 0 Å². The van der Waals surface area contributed by atoms with E-state index in [0.29, 0.717) is 12.1 Å². The molecule has 0 saturated heterocycles. The van der Waals surface area contributed by atoms with Crippen molar-refractivity contribution in [2.45, 2.75) is 38.6 Å². The first-order chi connectivity index (χ1) is 15.5. The number of carbonyl (C=O) groups excluding carboxylic acids is 2. The highest BCUT2D eigenvalue weighted by Gasteiger charge is 2.42. The Bertz CT molecular complexity index is 913. The highest BCUT2D eigenvalue weighted by molar-refractivity contribution is 6.01.